The molecule has 184 valence electrons. The maximum Gasteiger partial charge on any atom is 0.290 e. The number of hydrogen-bond acceptors (Lipinski definition) is 10. The summed E-state index contributed by atoms with van der Waals surface area (Å²) in [5, 5.41) is 26.6. The number of aliphatic imine (C=N–C) groups is 1. The number of aromatic nitrogens is 3. The van der Waals surface area contributed by atoms with Crippen LogP contribution in [0.25, 0.3) is 10.9 Å². The zero-order valence-electron chi connectivity index (χ0n) is 19.1. The summed E-state index contributed by atoms with van der Waals surface area (Å²) in [5.41, 5.74) is 1.90. The maximum atomic E-state index is 9.52. The number of fused-ring (bicyclic) bond motifs is 1. The highest BCUT2D eigenvalue weighted by Gasteiger charge is 2.35. The molecule has 0 amide bonds. The van der Waals surface area contributed by atoms with Crippen LogP contribution in [0.4, 0.5) is 17.2 Å². The third-order valence-corrected chi connectivity index (χ3v) is 5.88. The molecule has 10 nitrogen and oxygen atoms in total. The first-order chi connectivity index (χ1) is 17.6. The van der Waals surface area contributed by atoms with Crippen molar-refractivity contribution >= 4 is 45.7 Å². The lowest BCUT2D eigenvalue weighted by atomic mass is 10.1. The van der Waals surface area contributed by atoms with E-state index < -0.39 is 5.54 Å². The Morgan fingerprint density at radius 2 is 1.81 bits per heavy atom. The third kappa shape index (κ3) is 5.15. The number of rotatable bonds is 8. The quantitative estimate of drug-likeness (QED) is 0.283. The number of nitrogens with one attached hydrogen (secondary N) is 2. The molecule has 0 saturated carbocycles. The molecule has 5 rings (SSSR count). The lowest BCUT2D eigenvalue weighted by Gasteiger charge is -2.16. The minimum absolute atomic E-state index is 0.0914. The van der Waals surface area contributed by atoms with E-state index in [1.54, 1.807) is 18.3 Å². The minimum atomic E-state index is -1.04. The first-order valence-electron chi connectivity index (χ1n) is 11.1. The van der Waals surface area contributed by atoms with Crippen LogP contribution in [0.5, 0.6) is 5.75 Å². The number of pyridine rings is 1. The number of benzene rings is 2. The average molecular weight is 507 g/mol. The largest absolute Gasteiger partial charge is 0.486 e. The molecule has 0 saturated heterocycles. The second-order valence-corrected chi connectivity index (χ2v) is 8.61. The van der Waals surface area contributed by atoms with Crippen molar-refractivity contribution in [3.63, 3.8) is 0 Å². The number of aliphatic hydroxyl groups excluding tert-OH is 2. The molecule has 2 aromatic heterocycles. The Kier molecular flexibility index (Phi) is 6.81. The van der Waals surface area contributed by atoms with Crippen LogP contribution in [0.15, 0.2) is 72.1 Å². The van der Waals surface area contributed by atoms with Crippen LogP contribution < -0.4 is 15.4 Å². The van der Waals surface area contributed by atoms with Gasteiger partial charge in [0.2, 0.25) is 0 Å². The van der Waals surface area contributed by atoms with Crippen LogP contribution in [-0.2, 0) is 11.3 Å². The fraction of sp³-hybridized carbons (Fsp3) is 0.200. The van der Waals surface area contributed by atoms with Crippen LogP contribution in [0.2, 0.25) is 5.02 Å². The van der Waals surface area contributed by atoms with Gasteiger partial charge in [0.1, 0.15) is 36.6 Å². The zero-order valence-corrected chi connectivity index (χ0v) is 19.8. The normalized spacial score (nSPS) is 14.2. The molecular weight excluding hydrogens is 484 g/mol. The number of hydrogen-bond donors (Lipinski definition) is 4. The van der Waals surface area contributed by atoms with Gasteiger partial charge in [-0.2, -0.15) is 0 Å². The average Bonchev–Trinajstić information content (AvgIpc) is 3.32. The monoisotopic (exact) mass is 506 g/mol. The van der Waals surface area contributed by atoms with Crippen LogP contribution >= 0.6 is 11.6 Å². The van der Waals surface area contributed by atoms with Crippen molar-refractivity contribution in [2.75, 3.05) is 30.5 Å². The molecular formula is C25H23ClN6O4. The number of amidine groups is 1. The topological polar surface area (TPSA) is 134 Å². The molecule has 0 atom stereocenters. The van der Waals surface area contributed by atoms with Gasteiger partial charge in [0, 0.05) is 23.0 Å². The summed E-state index contributed by atoms with van der Waals surface area (Å²) in [4.78, 5) is 17.2. The first-order valence-corrected chi connectivity index (χ1v) is 11.5. The fourth-order valence-electron chi connectivity index (χ4n) is 3.58. The van der Waals surface area contributed by atoms with Crippen molar-refractivity contribution in [2.45, 2.75) is 12.1 Å². The summed E-state index contributed by atoms with van der Waals surface area (Å²) >= 11 is 6.46. The molecule has 0 fully saturated rings. The number of aliphatic hydroxyl groups is 2. The molecule has 4 N–H and O–H groups in total. The van der Waals surface area contributed by atoms with Gasteiger partial charge >= 0.3 is 0 Å². The SMILES string of the molecule is OCC1(CO)COC(Nc2ccc3ncnc(Nc4ccc(OCc5ccccn5)c(Cl)c4)c3c2)=N1. The molecule has 3 heterocycles. The van der Waals surface area contributed by atoms with E-state index >= 15 is 0 Å². The number of nitrogens with zero attached hydrogens (tertiary/aromatic N) is 4. The van der Waals surface area contributed by atoms with Crippen molar-refractivity contribution in [3.8, 4) is 5.75 Å². The summed E-state index contributed by atoms with van der Waals surface area (Å²) < 4.78 is 11.3. The third-order valence-electron chi connectivity index (χ3n) is 5.59. The standard InChI is InChI=1S/C25H23ClN6O4/c26-20-10-17(5-7-22(20)35-11-18-3-1-2-8-27-18)30-23-19-9-16(4-6-21(19)28-15-29-23)31-24-32-25(12-33,13-34)14-36-24/h1-10,15,33-34H,11-14H2,(H,31,32)(H,28,29,30). The molecule has 1 aliphatic rings. The van der Waals surface area contributed by atoms with Crippen LogP contribution in [-0.4, -0.2) is 56.5 Å². The van der Waals surface area contributed by atoms with Crippen molar-refractivity contribution < 1.29 is 19.7 Å². The summed E-state index contributed by atoms with van der Waals surface area (Å²) in [7, 11) is 0. The van der Waals surface area contributed by atoms with E-state index in [0.29, 0.717) is 28.9 Å². The Labute approximate surface area is 211 Å². The van der Waals surface area contributed by atoms with E-state index in [-0.39, 0.29) is 25.8 Å². The van der Waals surface area contributed by atoms with Crippen molar-refractivity contribution in [1.29, 1.82) is 0 Å². The van der Waals surface area contributed by atoms with Gasteiger partial charge in [-0.15, -0.1) is 0 Å². The number of ether oxygens (including phenoxy) is 2. The molecule has 2 aromatic carbocycles. The van der Waals surface area contributed by atoms with Gasteiger partial charge in [-0.05, 0) is 48.5 Å². The van der Waals surface area contributed by atoms with E-state index in [4.69, 9.17) is 21.1 Å². The van der Waals surface area contributed by atoms with Crippen molar-refractivity contribution in [1.82, 2.24) is 15.0 Å². The van der Waals surface area contributed by atoms with E-state index in [2.05, 4.69) is 30.6 Å². The summed E-state index contributed by atoms with van der Waals surface area (Å²) in [6.45, 7) is -0.228. The lowest BCUT2D eigenvalue weighted by Crippen LogP contribution is -2.37. The van der Waals surface area contributed by atoms with Crippen LogP contribution in [0.1, 0.15) is 5.69 Å². The van der Waals surface area contributed by atoms with Gasteiger partial charge in [-0.25, -0.2) is 15.0 Å². The van der Waals surface area contributed by atoms with E-state index in [1.165, 1.54) is 6.33 Å². The van der Waals surface area contributed by atoms with Gasteiger partial charge in [-0.3, -0.25) is 4.98 Å². The highest BCUT2D eigenvalue weighted by atomic mass is 35.5. The van der Waals surface area contributed by atoms with E-state index in [0.717, 1.165) is 22.3 Å². The second kappa shape index (κ2) is 10.3. The van der Waals surface area contributed by atoms with Crippen molar-refractivity contribution in [2.24, 2.45) is 4.99 Å². The Balaban J connectivity index is 1.33. The highest BCUT2D eigenvalue weighted by Crippen LogP contribution is 2.31. The fourth-order valence-corrected chi connectivity index (χ4v) is 3.82. The lowest BCUT2D eigenvalue weighted by molar-refractivity contribution is 0.0976. The van der Waals surface area contributed by atoms with Gasteiger partial charge in [0.05, 0.1) is 29.4 Å². The predicted octanol–water partition coefficient (Wildman–Crippen LogP) is 3.52. The Morgan fingerprint density at radius 3 is 2.56 bits per heavy atom. The molecule has 4 aromatic rings. The predicted molar refractivity (Wildman–Crippen MR) is 137 cm³/mol. The maximum absolute atomic E-state index is 9.52. The molecule has 1 aliphatic heterocycles. The van der Waals surface area contributed by atoms with Gasteiger partial charge in [-0.1, -0.05) is 17.7 Å². The zero-order chi connectivity index (χ0) is 25.0. The highest BCUT2D eigenvalue weighted by molar-refractivity contribution is 6.32. The molecule has 0 spiro atoms. The summed E-state index contributed by atoms with van der Waals surface area (Å²) in [6, 6.07) is 16.8. The molecule has 11 heteroatoms. The number of anilines is 3. The second-order valence-electron chi connectivity index (χ2n) is 8.21. The van der Waals surface area contributed by atoms with E-state index in [1.807, 2.05) is 42.5 Å². The Bertz CT molecular complexity index is 1400. The minimum Gasteiger partial charge on any atom is -0.486 e. The van der Waals surface area contributed by atoms with E-state index in [9.17, 15) is 10.2 Å². The molecule has 36 heavy (non-hydrogen) atoms. The first kappa shape index (κ1) is 23.7. The molecule has 0 unspecified atom stereocenters. The summed E-state index contributed by atoms with van der Waals surface area (Å²) in [6.07, 6.45) is 3.19. The van der Waals surface area contributed by atoms with Gasteiger partial charge in [0.25, 0.3) is 6.02 Å². The Morgan fingerprint density at radius 1 is 0.972 bits per heavy atom. The molecule has 0 radical (unpaired) electrons. The summed E-state index contributed by atoms with van der Waals surface area (Å²) in [5.74, 6) is 1.13. The number of halogens is 1. The smallest absolute Gasteiger partial charge is 0.290 e. The van der Waals surface area contributed by atoms with Crippen LogP contribution in [0.3, 0.4) is 0 Å². The van der Waals surface area contributed by atoms with Gasteiger partial charge < -0.3 is 30.3 Å². The molecule has 0 bridgehead atoms. The van der Waals surface area contributed by atoms with Crippen molar-refractivity contribution in [3.05, 3.63) is 77.8 Å². The molecule has 0 aliphatic carbocycles. The van der Waals surface area contributed by atoms with Gasteiger partial charge in [0.15, 0.2) is 0 Å². The Hall–Kier alpha value is -3.99. The van der Waals surface area contributed by atoms with Crippen LogP contribution in [0, 0.1) is 0 Å².